The lowest BCUT2D eigenvalue weighted by Gasteiger charge is -2.21. The van der Waals surface area contributed by atoms with Crippen molar-refractivity contribution in [3.05, 3.63) is 63.7 Å². The molecule has 1 N–H and O–H groups in total. The Morgan fingerprint density at radius 1 is 1.25 bits per heavy atom. The molecule has 0 saturated heterocycles. The maximum absolute atomic E-state index is 12.6. The van der Waals surface area contributed by atoms with Gasteiger partial charge >= 0.3 is 6.61 Å². The van der Waals surface area contributed by atoms with E-state index in [-0.39, 0.29) is 17.0 Å². The van der Waals surface area contributed by atoms with Crippen LogP contribution in [0.2, 0.25) is 0 Å². The van der Waals surface area contributed by atoms with Crippen molar-refractivity contribution < 1.29 is 23.2 Å². The second-order valence-corrected chi connectivity index (χ2v) is 6.21. The maximum Gasteiger partial charge on any atom is 0.387 e. The molecule has 7 nitrogen and oxygen atoms in total. The van der Waals surface area contributed by atoms with Crippen LogP contribution in [0.4, 0.5) is 20.2 Å². The highest BCUT2D eigenvalue weighted by atomic mass is 19.3. The van der Waals surface area contributed by atoms with Gasteiger partial charge in [0.25, 0.3) is 11.6 Å². The molecule has 0 spiro atoms. The van der Waals surface area contributed by atoms with Crippen molar-refractivity contribution in [2.24, 2.45) is 0 Å². The zero-order valence-electron chi connectivity index (χ0n) is 15.7. The summed E-state index contributed by atoms with van der Waals surface area (Å²) in [5, 5.41) is 14.0. The summed E-state index contributed by atoms with van der Waals surface area (Å²) in [6.07, 6.45) is 0.410. The minimum atomic E-state index is -2.99. The Labute approximate surface area is 161 Å². The van der Waals surface area contributed by atoms with Gasteiger partial charge in [-0.3, -0.25) is 14.9 Å². The lowest BCUT2D eigenvalue weighted by atomic mass is 10.0. The number of para-hydroxylation sites is 1. The third-order valence-corrected chi connectivity index (χ3v) is 4.14. The van der Waals surface area contributed by atoms with E-state index in [1.165, 1.54) is 24.3 Å². The molecule has 9 heteroatoms. The molecule has 0 saturated carbocycles. The van der Waals surface area contributed by atoms with Crippen LogP contribution >= 0.6 is 0 Å². The number of halogens is 2. The molecule has 2 aromatic carbocycles. The van der Waals surface area contributed by atoms with Crippen LogP contribution in [0, 0.1) is 10.1 Å². The highest BCUT2D eigenvalue weighted by Gasteiger charge is 2.22. The molecule has 1 unspecified atom stereocenters. The van der Waals surface area contributed by atoms with Gasteiger partial charge in [-0.25, -0.2) is 0 Å². The fourth-order valence-corrected chi connectivity index (χ4v) is 2.80. The Balaban J connectivity index is 2.31. The highest BCUT2D eigenvalue weighted by molar-refractivity contribution is 5.96. The van der Waals surface area contributed by atoms with Gasteiger partial charge in [0, 0.05) is 31.3 Å². The van der Waals surface area contributed by atoms with Crippen LogP contribution in [0.25, 0.3) is 0 Å². The zero-order chi connectivity index (χ0) is 20.8. The van der Waals surface area contributed by atoms with E-state index in [1.54, 1.807) is 44.1 Å². The lowest BCUT2D eigenvalue weighted by molar-refractivity contribution is -0.384. The molecule has 0 aliphatic carbocycles. The molecule has 2 rings (SSSR count). The number of nitrogens with one attached hydrogen (secondary N) is 1. The molecule has 1 atom stereocenters. The van der Waals surface area contributed by atoms with Gasteiger partial charge in [-0.05, 0) is 24.6 Å². The molecule has 0 fully saturated rings. The van der Waals surface area contributed by atoms with Gasteiger partial charge in [0.15, 0.2) is 0 Å². The number of nitro groups is 1. The van der Waals surface area contributed by atoms with Gasteiger partial charge in [-0.1, -0.05) is 25.1 Å². The number of anilines is 1. The number of hydrogen-bond acceptors (Lipinski definition) is 5. The van der Waals surface area contributed by atoms with Crippen LogP contribution in [0.1, 0.15) is 35.3 Å². The molecule has 150 valence electrons. The van der Waals surface area contributed by atoms with Crippen molar-refractivity contribution in [3.63, 3.8) is 0 Å². The van der Waals surface area contributed by atoms with Crippen molar-refractivity contribution >= 4 is 17.3 Å². The first-order chi connectivity index (χ1) is 13.2. The van der Waals surface area contributed by atoms with Gasteiger partial charge in [-0.2, -0.15) is 8.78 Å². The van der Waals surface area contributed by atoms with E-state index in [1.807, 2.05) is 0 Å². The predicted molar refractivity (Wildman–Crippen MR) is 101 cm³/mol. The van der Waals surface area contributed by atoms with Gasteiger partial charge in [0.05, 0.1) is 11.0 Å². The summed E-state index contributed by atoms with van der Waals surface area (Å²) < 4.78 is 29.8. The Morgan fingerprint density at radius 2 is 1.93 bits per heavy atom. The zero-order valence-corrected chi connectivity index (χ0v) is 15.7. The average Bonchev–Trinajstić information content (AvgIpc) is 2.65. The fraction of sp³-hybridized carbons (Fsp3) is 0.316. The standard InChI is InChI=1S/C19H21F2N3O4/c1-4-14(13-7-5-6-8-17(13)28-19(20)21)22-18(25)12-9-10-15(23(2)3)16(11-12)24(26)27/h5-11,14,19H,4H2,1-3H3,(H,22,25). The third kappa shape index (κ3) is 4.93. The maximum atomic E-state index is 12.6. The average molecular weight is 393 g/mol. The van der Waals surface area contributed by atoms with E-state index in [2.05, 4.69) is 10.1 Å². The minimum absolute atomic E-state index is 0.0291. The molecule has 0 radical (unpaired) electrons. The molecule has 1 amide bonds. The quantitative estimate of drug-likeness (QED) is 0.538. The van der Waals surface area contributed by atoms with E-state index in [9.17, 15) is 23.7 Å². The summed E-state index contributed by atoms with van der Waals surface area (Å²) in [7, 11) is 3.32. The van der Waals surface area contributed by atoms with Crippen molar-refractivity contribution in [3.8, 4) is 5.75 Å². The number of nitro benzene ring substituents is 1. The second kappa shape index (κ2) is 9.12. The van der Waals surface area contributed by atoms with Gasteiger partial charge in [-0.15, -0.1) is 0 Å². The number of carbonyl (C=O) groups excluding carboxylic acids is 1. The Morgan fingerprint density at radius 3 is 2.50 bits per heavy atom. The van der Waals surface area contributed by atoms with Crippen molar-refractivity contribution in [2.45, 2.75) is 26.0 Å². The molecule has 0 heterocycles. The van der Waals surface area contributed by atoms with Crippen molar-refractivity contribution in [1.29, 1.82) is 0 Å². The molecule has 0 aliphatic rings. The number of benzene rings is 2. The van der Waals surface area contributed by atoms with Crippen LogP contribution < -0.4 is 15.0 Å². The number of nitrogens with zero attached hydrogens (tertiary/aromatic N) is 2. The van der Waals surface area contributed by atoms with E-state index in [4.69, 9.17) is 0 Å². The smallest absolute Gasteiger partial charge is 0.387 e. The molecule has 0 aromatic heterocycles. The molecular formula is C19H21F2N3O4. The van der Waals surface area contributed by atoms with Crippen molar-refractivity contribution in [2.75, 3.05) is 19.0 Å². The fourth-order valence-electron chi connectivity index (χ4n) is 2.80. The van der Waals surface area contributed by atoms with E-state index < -0.39 is 23.5 Å². The molecule has 28 heavy (non-hydrogen) atoms. The van der Waals surface area contributed by atoms with Crippen molar-refractivity contribution in [1.82, 2.24) is 5.32 Å². The third-order valence-electron chi connectivity index (χ3n) is 4.14. The first-order valence-corrected chi connectivity index (χ1v) is 8.55. The lowest BCUT2D eigenvalue weighted by Crippen LogP contribution is -2.28. The normalized spacial score (nSPS) is 11.8. The number of ether oxygens (including phenoxy) is 1. The van der Waals surface area contributed by atoms with Crippen LogP contribution in [0.15, 0.2) is 42.5 Å². The molecule has 0 bridgehead atoms. The first-order valence-electron chi connectivity index (χ1n) is 8.55. The summed E-state index contributed by atoms with van der Waals surface area (Å²) in [5.41, 5.74) is 0.664. The Kier molecular flexibility index (Phi) is 6.86. The van der Waals surface area contributed by atoms with E-state index in [0.717, 1.165) is 0 Å². The van der Waals surface area contributed by atoms with Gasteiger partial charge < -0.3 is 15.0 Å². The topological polar surface area (TPSA) is 84.7 Å². The molecule has 0 aliphatic heterocycles. The summed E-state index contributed by atoms with van der Waals surface area (Å²) in [4.78, 5) is 25.0. The van der Waals surface area contributed by atoms with Crippen LogP contribution in [-0.4, -0.2) is 31.5 Å². The highest BCUT2D eigenvalue weighted by Crippen LogP contribution is 2.30. The summed E-state index contributed by atoms with van der Waals surface area (Å²) >= 11 is 0. The Hall–Kier alpha value is -3.23. The number of rotatable bonds is 8. The predicted octanol–water partition coefficient (Wildman–Crippen LogP) is 4.14. The van der Waals surface area contributed by atoms with Crippen LogP contribution in [0.3, 0.4) is 0 Å². The number of amides is 1. The number of alkyl halides is 2. The number of hydrogen-bond donors (Lipinski definition) is 1. The number of carbonyl (C=O) groups is 1. The summed E-state index contributed by atoms with van der Waals surface area (Å²) in [6.45, 7) is -1.21. The van der Waals surface area contributed by atoms with Crippen LogP contribution in [0.5, 0.6) is 5.75 Å². The minimum Gasteiger partial charge on any atom is -0.434 e. The Bertz CT molecular complexity index is 859. The second-order valence-electron chi connectivity index (χ2n) is 6.21. The van der Waals surface area contributed by atoms with Gasteiger partial charge in [0.1, 0.15) is 11.4 Å². The van der Waals surface area contributed by atoms with Gasteiger partial charge in [0.2, 0.25) is 0 Å². The molecule has 2 aromatic rings. The van der Waals surface area contributed by atoms with E-state index in [0.29, 0.717) is 17.7 Å². The van der Waals surface area contributed by atoms with E-state index >= 15 is 0 Å². The summed E-state index contributed by atoms with van der Waals surface area (Å²) in [5.74, 6) is -0.578. The van der Waals surface area contributed by atoms with Crippen LogP contribution in [-0.2, 0) is 0 Å². The monoisotopic (exact) mass is 393 g/mol. The SMILES string of the molecule is CCC(NC(=O)c1ccc(N(C)C)c([N+](=O)[O-])c1)c1ccccc1OC(F)F. The first kappa shape index (κ1) is 21.1. The molecular weight excluding hydrogens is 372 g/mol. The summed E-state index contributed by atoms with van der Waals surface area (Å²) in [6, 6.07) is 9.75. The largest absolute Gasteiger partial charge is 0.434 e.